The van der Waals surface area contributed by atoms with Crippen molar-refractivity contribution in [1.29, 1.82) is 0 Å². The van der Waals surface area contributed by atoms with Crippen molar-refractivity contribution in [3.63, 3.8) is 0 Å². The van der Waals surface area contributed by atoms with E-state index in [0.29, 0.717) is 12.2 Å². The van der Waals surface area contributed by atoms with Gasteiger partial charge < -0.3 is 11.1 Å². The Labute approximate surface area is 106 Å². The van der Waals surface area contributed by atoms with E-state index in [4.69, 9.17) is 5.73 Å². The Kier molecular flexibility index (Phi) is 3.40. The van der Waals surface area contributed by atoms with Gasteiger partial charge in [-0.3, -0.25) is 4.98 Å². The van der Waals surface area contributed by atoms with Crippen LogP contribution in [0.25, 0.3) is 0 Å². The summed E-state index contributed by atoms with van der Waals surface area (Å²) in [4.78, 5) is 8.35. The number of rotatable bonds is 3. The van der Waals surface area contributed by atoms with Gasteiger partial charge in [0.05, 0.1) is 39.3 Å². The Morgan fingerprint density at radius 2 is 2.31 bits per heavy atom. The van der Waals surface area contributed by atoms with Gasteiger partial charge in [0.25, 0.3) is 0 Å². The Morgan fingerprint density at radius 3 is 2.94 bits per heavy atom. The molecular weight excluding hydrogens is 288 g/mol. The van der Waals surface area contributed by atoms with Gasteiger partial charge >= 0.3 is 0 Å². The number of nitrogens with one attached hydrogen (secondary N) is 1. The summed E-state index contributed by atoms with van der Waals surface area (Å²) in [6.45, 7) is 2.65. The molecule has 4 nitrogen and oxygen atoms in total. The lowest BCUT2D eigenvalue weighted by atomic mass is 10.3. The van der Waals surface area contributed by atoms with E-state index in [1.807, 2.05) is 12.3 Å². The zero-order valence-corrected chi connectivity index (χ0v) is 11.1. The highest BCUT2D eigenvalue weighted by molar-refractivity contribution is 9.10. The molecule has 2 aromatic heterocycles. The molecule has 2 rings (SSSR count). The van der Waals surface area contributed by atoms with Crippen molar-refractivity contribution < 1.29 is 0 Å². The van der Waals surface area contributed by atoms with E-state index in [-0.39, 0.29) is 0 Å². The fraction of sp³-hybridized carbons (Fsp3) is 0.200. The van der Waals surface area contributed by atoms with Crippen molar-refractivity contribution in [2.45, 2.75) is 13.5 Å². The molecule has 0 unspecified atom stereocenters. The smallest absolute Gasteiger partial charge is 0.0898 e. The summed E-state index contributed by atoms with van der Waals surface area (Å²) in [5.41, 5.74) is 8.32. The van der Waals surface area contributed by atoms with E-state index in [1.54, 1.807) is 23.7 Å². The number of anilines is 2. The highest BCUT2D eigenvalue weighted by Gasteiger charge is 2.05. The standard InChI is InChI=1S/C10H11BrN4S/c1-6-15-7(5-16-6)2-14-10-8(11)3-13-4-9(10)12/h3-5H,2,12H2,1H3,(H,13,14). The van der Waals surface area contributed by atoms with Crippen LogP contribution in [0.3, 0.4) is 0 Å². The fourth-order valence-corrected chi connectivity index (χ4v) is 2.40. The van der Waals surface area contributed by atoms with Gasteiger partial charge in [0.2, 0.25) is 0 Å². The molecule has 16 heavy (non-hydrogen) atoms. The van der Waals surface area contributed by atoms with Gasteiger partial charge in [-0.1, -0.05) is 0 Å². The monoisotopic (exact) mass is 298 g/mol. The molecule has 0 fully saturated rings. The molecule has 2 heterocycles. The van der Waals surface area contributed by atoms with Crippen LogP contribution in [0.2, 0.25) is 0 Å². The SMILES string of the molecule is Cc1nc(CNc2c(N)cncc2Br)cs1. The zero-order valence-electron chi connectivity index (χ0n) is 8.70. The molecule has 0 aliphatic rings. The lowest BCUT2D eigenvalue weighted by Gasteiger charge is -2.09. The maximum Gasteiger partial charge on any atom is 0.0898 e. The van der Waals surface area contributed by atoms with E-state index in [9.17, 15) is 0 Å². The third-order valence-corrected chi connectivity index (χ3v) is 3.47. The molecular formula is C10H11BrN4S. The summed E-state index contributed by atoms with van der Waals surface area (Å²) in [6.07, 6.45) is 3.34. The van der Waals surface area contributed by atoms with Crippen LogP contribution in [0.15, 0.2) is 22.2 Å². The average Bonchev–Trinajstić information content (AvgIpc) is 2.63. The summed E-state index contributed by atoms with van der Waals surface area (Å²) in [5.74, 6) is 0. The predicted octanol–water partition coefficient (Wildman–Crippen LogP) is 2.80. The molecule has 0 aliphatic heterocycles. The van der Waals surface area contributed by atoms with Crippen LogP contribution in [-0.2, 0) is 6.54 Å². The van der Waals surface area contributed by atoms with Gasteiger partial charge in [-0.25, -0.2) is 4.98 Å². The van der Waals surface area contributed by atoms with Crippen LogP contribution in [0.5, 0.6) is 0 Å². The first-order valence-corrected chi connectivity index (χ1v) is 6.38. The minimum Gasteiger partial charge on any atom is -0.396 e. The van der Waals surface area contributed by atoms with Crippen LogP contribution < -0.4 is 11.1 Å². The number of halogens is 1. The first-order valence-electron chi connectivity index (χ1n) is 4.70. The molecule has 0 saturated heterocycles. The fourth-order valence-electron chi connectivity index (χ4n) is 1.30. The molecule has 0 saturated carbocycles. The van der Waals surface area contributed by atoms with E-state index in [2.05, 4.69) is 31.2 Å². The predicted molar refractivity (Wildman–Crippen MR) is 70.5 cm³/mol. The molecule has 6 heteroatoms. The van der Waals surface area contributed by atoms with E-state index >= 15 is 0 Å². The lowest BCUT2D eigenvalue weighted by molar-refractivity contribution is 1.05. The number of nitrogens with zero attached hydrogens (tertiary/aromatic N) is 2. The maximum atomic E-state index is 5.82. The van der Waals surface area contributed by atoms with Crippen LogP contribution >= 0.6 is 27.3 Å². The number of nitrogen functional groups attached to an aromatic ring is 1. The topological polar surface area (TPSA) is 63.8 Å². The Bertz CT molecular complexity index is 477. The molecule has 0 spiro atoms. The van der Waals surface area contributed by atoms with Crippen LogP contribution in [0.4, 0.5) is 11.4 Å². The van der Waals surface area contributed by atoms with Crippen molar-refractivity contribution in [3.8, 4) is 0 Å². The average molecular weight is 299 g/mol. The summed E-state index contributed by atoms with van der Waals surface area (Å²) in [5, 5.41) is 6.35. The molecule has 2 aromatic rings. The Balaban J connectivity index is 2.10. The van der Waals surface area contributed by atoms with Gasteiger partial charge in [-0.2, -0.15) is 0 Å². The van der Waals surface area contributed by atoms with Gasteiger partial charge in [-0.15, -0.1) is 11.3 Å². The van der Waals surface area contributed by atoms with Crippen molar-refractivity contribution >= 4 is 38.6 Å². The van der Waals surface area contributed by atoms with Gasteiger partial charge in [0, 0.05) is 11.6 Å². The van der Waals surface area contributed by atoms with Crippen LogP contribution in [0, 0.1) is 6.92 Å². The number of aryl methyl sites for hydroxylation is 1. The Hall–Kier alpha value is -1.14. The zero-order chi connectivity index (χ0) is 11.5. The number of pyridine rings is 1. The van der Waals surface area contributed by atoms with Crippen molar-refractivity contribution in [3.05, 3.63) is 32.9 Å². The highest BCUT2D eigenvalue weighted by atomic mass is 79.9. The maximum absolute atomic E-state index is 5.82. The second-order valence-electron chi connectivity index (χ2n) is 3.30. The van der Waals surface area contributed by atoms with Crippen LogP contribution in [0.1, 0.15) is 10.7 Å². The van der Waals surface area contributed by atoms with Gasteiger partial charge in [-0.05, 0) is 22.9 Å². The largest absolute Gasteiger partial charge is 0.396 e. The van der Waals surface area contributed by atoms with E-state index in [0.717, 1.165) is 20.9 Å². The third kappa shape index (κ3) is 2.51. The minimum absolute atomic E-state index is 0.626. The highest BCUT2D eigenvalue weighted by Crippen LogP contribution is 2.27. The quantitative estimate of drug-likeness (QED) is 0.914. The first kappa shape index (κ1) is 11.3. The normalized spacial score (nSPS) is 10.4. The number of hydrogen-bond donors (Lipinski definition) is 2. The molecule has 0 bridgehead atoms. The summed E-state index contributed by atoms with van der Waals surface area (Å²) >= 11 is 5.04. The minimum atomic E-state index is 0.626. The first-order chi connectivity index (χ1) is 7.66. The summed E-state index contributed by atoms with van der Waals surface area (Å²) in [6, 6.07) is 0. The van der Waals surface area contributed by atoms with E-state index in [1.165, 1.54) is 0 Å². The number of thiazole rings is 1. The molecule has 0 aromatic carbocycles. The van der Waals surface area contributed by atoms with E-state index < -0.39 is 0 Å². The molecule has 0 amide bonds. The Morgan fingerprint density at radius 1 is 1.50 bits per heavy atom. The summed E-state index contributed by atoms with van der Waals surface area (Å²) in [7, 11) is 0. The molecule has 3 N–H and O–H groups in total. The van der Waals surface area contributed by atoms with Crippen molar-refractivity contribution in [2.75, 3.05) is 11.1 Å². The molecule has 84 valence electrons. The number of aromatic nitrogens is 2. The molecule has 0 atom stereocenters. The van der Waals surface area contributed by atoms with Gasteiger partial charge in [0.15, 0.2) is 0 Å². The molecule has 0 radical (unpaired) electrons. The summed E-state index contributed by atoms with van der Waals surface area (Å²) < 4.78 is 0.861. The van der Waals surface area contributed by atoms with Gasteiger partial charge in [0.1, 0.15) is 0 Å². The third-order valence-electron chi connectivity index (χ3n) is 2.04. The van der Waals surface area contributed by atoms with Crippen molar-refractivity contribution in [2.24, 2.45) is 0 Å². The number of nitrogens with two attached hydrogens (primary N) is 1. The lowest BCUT2D eigenvalue weighted by Crippen LogP contribution is -2.04. The molecule has 0 aliphatic carbocycles. The van der Waals surface area contributed by atoms with Crippen LogP contribution in [-0.4, -0.2) is 9.97 Å². The second-order valence-corrected chi connectivity index (χ2v) is 5.21. The number of hydrogen-bond acceptors (Lipinski definition) is 5. The van der Waals surface area contributed by atoms with Crippen molar-refractivity contribution in [1.82, 2.24) is 9.97 Å². The second kappa shape index (κ2) is 4.80.